The molecule has 0 saturated carbocycles. The molecule has 1 aromatic carbocycles. The van der Waals surface area contributed by atoms with Crippen LogP contribution in [0.2, 0.25) is 0 Å². The predicted octanol–water partition coefficient (Wildman–Crippen LogP) is 0.833. The molecule has 96 valence electrons. The van der Waals surface area contributed by atoms with Crippen molar-refractivity contribution in [1.82, 2.24) is 4.98 Å². The van der Waals surface area contributed by atoms with E-state index >= 15 is 0 Å². The van der Waals surface area contributed by atoms with Gasteiger partial charge in [0.05, 0.1) is 13.1 Å². The van der Waals surface area contributed by atoms with Crippen LogP contribution in [0.15, 0.2) is 30.5 Å². The van der Waals surface area contributed by atoms with Gasteiger partial charge < -0.3 is 15.0 Å². The first kappa shape index (κ1) is 12.1. The van der Waals surface area contributed by atoms with Crippen molar-refractivity contribution in [1.29, 1.82) is 0 Å². The number of quaternary nitrogens is 1. The Morgan fingerprint density at radius 3 is 2.89 bits per heavy atom. The van der Waals surface area contributed by atoms with Crippen molar-refractivity contribution in [3.63, 3.8) is 0 Å². The second-order valence-corrected chi connectivity index (χ2v) is 6.10. The first-order chi connectivity index (χ1) is 8.84. The first-order valence-electron chi connectivity index (χ1n) is 6.50. The number of nitrogens with one attached hydrogen (secondary N) is 2. The standard InChI is InChI=1S/C14H18N2OS/c17-14(10-16-5-7-18-8-6-16)12-9-15-13-4-2-1-3-11(12)13/h1-4,9,14-15,17H,5-8,10H2/p+1/t14-/m1/s1. The van der Waals surface area contributed by atoms with Crippen LogP contribution < -0.4 is 4.90 Å². The summed E-state index contributed by atoms with van der Waals surface area (Å²) in [7, 11) is 0. The summed E-state index contributed by atoms with van der Waals surface area (Å²) in [6.45, 7) is 3.16. The molecular weight excluding hydrogens is 244 g/mol. The predicted molar refractivity (Wildman–Crippen MR) is 76.1 cm³/mol. The summed E-state index contributed by atoms with van der Waals surface area (Å²) >= 11 is 2.02. The zero-order chi connectivity index (χ0) is 12.4. The van der Waals surface area contributed by atoms with E-state index in [1.54, 1.807) is 0 Å². The van der Waals surface area contributed by atoms with Gasteiger partial charge in [-0.1, -0.05) is 18.2 Å². The molecule has 0 aliphatic carbocycles. The van der Waals surface area contributed by atoms with Crippen molar-refractivity contribution in [2.24, 2.45) is 0 Å². The van der Waals surface area contributed by atoms with E-state index in [1.807, 2.05) is 30.1 Å². The molecule has 18 heavy (non-hydrogen) atoms. The Morgan fingerprint density at radius 2 is 2.06 bits per heavy atom. The van der Waals surface area contributed by atoms with E-state index in [9.17, 15) is 5.11 Å². The summed E-state index contributed by atoms with van der Waals surface area (Å²) in [5.41, 5.74) is 2.15. The van der Waals surface area contributed by atoms with Crippen molar-refractivity contribution in [2.45, 2.75) is 6.10 Å². The lowest BCUT2D eigenvalue weighted by Gasteiger charge is -2.25. The molecule has 1 saturated heterocycles. The molecule has 3 rings (SSSR count). The number of aromatic amines is 1. The second kappa shape index (κ2) is 5.34. The van der Waals surface area contributed by atoms with Crippen LogP contribution in [-0.2, 0) is 0 Å². The van der Waals surface area contributed by atoms with Crippen LogP contribution in [0.5, 0.6) is 0 Å². The highest BCUT2D eigenvalue weighted by atomic mass is 32.2. The Bertz CT molecular complexity index is 519. The molecule has 0 unspecified atom stereocenters. The van der Waals surface area contributed by atoms with Crippen molar-refractivity contribution in [3.8, 4) is 0 Å². The fourth-order valence-electron chi connectivity index (χ4n) is 2.62. The van der Waals surface area contributed by atoms with Crippen LogP contribution in [0.4, 0.5) is 0 Å². The van der Waals surface area contributed by atoms with Crippen LogP contribution in [0.1, 0.15) is 11.7 Å². The summed E-state index contributed by atoms with van der Waals surface area (Å²) in [4.78, 5) is 4.75. The summed E-state index contributed by atoms with van der Waals surface area (Å²) in [6, 6.07) is 8.17. The molecule has 1 aliphatic heterocycles. The number of H-pyrrole nitrogens is 1. The van der Waals surface area contributed by atoms with Crippen LogP contribution in [0.25, 0.3) is 10.9 Å². The molecule has 1 aromatic heterocycles. The minimum Gasteiger partial charge on any atom is -0.382 e. The summed E-state index contributed by atoms with van der Waals surface area (Å²) in [5.74, 6) is 2.44. The van der Waals surface area contributed by atoms with E-state index in [2.05, 4.69) is 17.1 Å². The maximum Gasteiger partial charge on any atom is 0.130 e. The third-order valence-corrected chi connectivity index (χ3v) is 4.65. The zero-order valence-electron chi connectivity index (χ0n) is 10.4. The molecule has 1 fully saturated rings. The van der Waals surface area contributed by atoms with Crippen LogP contribution in [-0.4, -0.2) is 41.2 Å². The van der Waals surface area contributed by atoms with E-state index < -0.39 is 0 Å². The Morgan fingerprint density at radius 1 is 1.28 bits per heavy atom. The maximum atomic E-state index is 10.4. The van der Waals surface area contributed by atoms with E-state index in [0.29, 0.717) is 0 Å². The summed E-state index contributed by atoms with van der Waals surface area (Å²) < 4.78 is 0. The third-order valence-electron chi connectivity index (χ3n) is 3.66. The minimum atomic E-state index is -0.362. The average molecular weight is 263 g/mol. The number of para-hydroxylation sites is 1. The molecule has 0 bridgehead atoms. The quantitative estimate of drug-likeness (QED) is 0.768. The van der Waals surface area contributed by atoms with Crippen LogP contribution in [0, 0.1) is 0 Å². The molecule has 4 heteroatoms. The van der Waals surface area contributed by atoms with Gasteiger partial charge in [0, 0.05) is 34.2 Å². The van der Waals surface area contributed by atoms with Gasteiger partial charge in [-0.05, 0) is 6.07 Å². The number of hydrogen-bond donors (Lipinski definition) is 3. The highest BCUT2D eigenvalue weighted by molar-refractivity contribution is 7.99. The van der Waals surface area contributed by atoms with Gasteiger partial charge in [0.1, 0.15) is 12.6 Å². The van der Waals surface area contributed by atoms with E-state index in [0.717, 1.165) is 23.0 Å². The average Bonchev–Trinajstić information content (AvgIpc) is 2.84. The Labute approximate surface area is 111 Å². The molecular formula is C14H19N2OS+. The van der Waals surface area contributed by atoms with Gasteiger partial charge >= 0.3 is 0 Å². The van der Waals surface area contributed by atoms with E-state index in [1.165, 1.54) is 29.5 Å². The molecule has 3 nitrogen and oxygen atoms in total. The minimum absolute atomic E-state index is 0.362. The molecule has 3 N–H and O–H groups in total. The topological polar surface area (TPSA) is 40.5 Å². The Kier molecular flexibility index (Phi) is 3.59. The molecule has 1 atom stereocenters. The monoisotopic (exact) mass is 263 g/mol. The van der Waals surface area contributed by atoms with Crippen molar-refractivity contribution in [2.75, 3.05) is 31.1 Å². The van der Waals surface area contributed by atoms with Crippen molar-refractivity contribution < 1.29 is 10.0 Å². The molecule has 2 aromatic rings. The molecule has 1 aliphatic rings. The second-order valence-electron chi connectivity index (χ2n) is 4.87. The Hall–Kier alpha value is -0.970. The van der Waals surface area contributed by atoms with Gasteiger partial charge in [-0.2, -0.15) is 11.8 Å². The number of aromatic nitrogens is 1. The van der Waals surface area contributed by atoms with Crippen molar-refractivity contribution >= 4 is 22.7 Å². The number of benzene rings is 1. The highest BCUT2D eigenvalue weighted by Crippen LogP contribution is 2.23. The van der Waals surface area contributed by atoms with E-state index in [-0.39, 0.29) is 6.10 Å². The lowest BCUT2D eigenvalue weighted by molar-refractivity contribution is -0.900. The fraction of sp³-hybridized carbons (Fsp3) is 0.429. The molecule has 0 spiro atoms. The number of rotatable bonds is 3. The largest absolute Gasteiger partial charge is 0.382 e. The van der Waals surface area contributed by atoms with Gasteiger partial charge in [0.15, 0.2) is 0 Å². The van der Waals surface area contributed by atoms with Gasteiger partial charge in [-0.3, -0.25) is 0 Å². The number of hydrogen-bond acceptors (Lipinski definition) is 2. The number of fused-ring (bicyclic) bond motifs is 1. The lowest BCUT2D eigenvalue weighted by atomic mass is 10.1. The van der Waals surface area contributed by atoms with E-state index in [4.69, 9.17) is 0 Å². The van der Waals surface area contributed by atoms with Gasteiger partial charge in [0.25, 0.3) is 0 Å². The normalized spacial score (nSPS) is 19.2. The molecule has 0 radical (unpaired) electrons. The van der Waals surface area contributed by atoms with Gasteiger partial charge in [0.2, 0.25) is 0 Å². The lowest BCUT2D eigenvalue weighted by Crippen LogP contribution is -3.14. The summed E-state index contributed by atoms with van der Waals surface area (Å²) in [6.07, 6.45) is 1.59. The zero-order valence-corrected chi connectivity index (χ0v) is 11.2. The Balaban J connectivity index is 1.76. The first-order valence-corrected chi connectivity index (χ1v) is 7.65. The molecule has 0 amide bonds. The maximum absolute atomic E-state index is 10.4. The SMILES string of the molecule is O[C@H](C[NH+]1CCSCC1)c1c[nH]c2ccccc12. The number of thioether (sulfide) groups is 1. The highest BCUT2D eigenvalue weighted by Gasteiger charge is 2.21. The summed E-state index contributed by atoms with van der Waals surface area (Å²) in [5, 5.41) is 11.6. The van der Waals surface area contributed by atoms with Gasteiger partial charge in [-0.15, -0.1) is 0 Å². The number of aliphatic hydroxyl groups is 1. The smallest absolute Gasteiger partial charge is 0.130 e. The van der Waals surface area contributed by atoms with Crippen LogP contribution in [0.3, 0.4) is 0 Å². The molecule has 2 heterocycles. The fourth-order valence-corrected chi connectivity index (χ4v) is 3.69. The third kappa shape index (κ3) is 2.41. The van der Waals surface area contributed by atoms with Crippen molar-refractivity contribution in [3.05, 3.63) is 36.0 Å². The van der Waals surface area contributed by atoms with Crippen LogP contribution >= 0.6 is 11.8 Å². The number of aliphatic hydroxyl groups excluding tert-OH is 1. The van der Waals surface area contributed by atoms with Gasteiger partial charge in [-0.25, -0.2) is 0 Å².